The molecular weight excluding hydrogens is 176 g/mol. The molecule has 0 aliphatic rings. The Balaban J connectivity index is 0.000000364. The number of hydrogen-bond donors (Lipinski definition) is 0. The Bertz CT molecular complexity index is 323. The Morgan fingerprint density at radius 1 is 1.21 bits per heavy atom. The van der Waals surface area contributed by atoms with E-state index in [0.29, 0.717) is 0 Å². The minimum Gasteiger partial charge on any atom is -0.300 e. The largest absolute Gasteiger partial charge is 0.300 e. The smallest absolute Gasteiger partial charge is 0.150 e. The summed E-state index contributed by atoms with van der Waals surface area (Å²) in [4.78, 5) is 19.8. The Labute approximate surface area is 84.9 Å². The lowest BCUT2D eigenvalue weighted by molar-refractivity contribution is -0.114. The Morgan fingerprint density at radius 2 is 1.71 bits per heavy atom. The Hall–Kier alpha value is -1.44. The number of aldehydes is 1. The van der Waals surface area contributed by atoms with Gasteiger partial charge in [-0.3, -0.25) is 4.79 Å². The number of hydrogen-bond acceptors (Lipinski definition) is 2. The van der Waals surface area contributed by atoms with Crippen LogP contribution in [0.4, 0.5) is 0 Å². The van der Waals surface area contributed by atoms with Gasteiger partial charge in [0.05, 0.1) is 0 Å². The molecule has 76 valence electrons. The number of carbonyl (C=O) groups is 2. The van der Waals surface area contributed by atoms with Crippen molar-refractivity contribution in [1.82, 2.24) is 0 Å². The van der Waals surface area contributed by atoms with Crippen LogP contribution in [0.1, 0.15) is 35.3 Å². The molecular formula is C12H16O2. The van der Waals surface area contributed by atoms with Crippen LogP contribution in [0, 0.1) is 13.8 Å². The summed E-state index contributed by atoms with van der Waals surface area (Å²) in [6.45, 7) is 7.02. The summed E-state index contributed by atoms with van der Waals surface area (Å²) >= 11 is 0. The summed E-state index contributed by atoms with van der Waals surface area (Å²) in [5.74, 6) is 0.167. The van der Waals surface area contributed by atoms with Gasteiger partial charge in [0, 0.05) is 5.56 Å². The zero-order valence-electron chi connectivity index (χ0n) is 9.13. The molecule has 0 saturated carbocycles. The van der Waals surface area contributed by atoms with E-state index in [1.54, 1.807) is 0 Å². The molecule has 0 aliphatic heterocycles. The number of carbonyl (C=O) groups excluding carboxylic acids is 2. The number of rotatable bonds is 1. The maximum absolute atomic E-state index is 10.4. The van der Waals surface area contributed by atoms with Crippen molar-refractivity contribution in [3.8, 4) is 0 Å². The van der Waals surface area contributed by atoms with Crippen molar-refractivity contribution in [2.24, 2.45) is 0 Å². The van der Waals surface area contributed by atoms with Crippen molar-refractivity contribution in [2.45, 2.75) is 27.7 Å². The first-order valence-corrected chi connectivity index (χ1v) is 4.47. The van der Waals surface area contributed by atoms with Gasteiger partial charge in [0.2, 0.25) is 0 Å². The molecule has 0 fully saturated rings. The van der Waals surface area contributed by atoms with Crippen LogP contribution >= 0.6 is 0 Å². The highest BCUT2D eigenvalue weighted by Crippen LogP contribution is 2.09. The van der Waals surface area contributed by atoms with Gasteiger partial charge in [-0.05, 0) is 38.8 Å². The molecule has 0 aliphatic carbocycles. The third-order valence-corrected chi connectivity index (χ3v) is 1.77. The van der Waals surface area contributed by atoms with Crippen LogP contribution in [0.3, 0.4) is 0 Å². The van der Waals surface area contributed by atoms with E-state index in [1.807, 2.05) is 32.0 Å². The first-order chi connectivity index (χ1) is 6.49. The number of aryl methyl sites for hydroxylation is 1. The Kier molecular flexibility index (Phi) is 5.46. The van der Waals surface area contributed by atoms with Crippen LogP contribution in [0.2, 0.25) is 0 Å². The summed E-state index contributed by atoms with van der Waals surface area (Å²) < 4.78 is 0. The molecule has 1 rings (SSSR count). The fourth-order valence-electron chi connectivity index (χ4n) is 0.901. The SMILES string of the molecule is CC(C)=O.Cc1cccc(C=O)c1C. The first-order valence-electron chi connectivity index (χ1n) is 4.47. The van der Waals surface area contributed by atoms with Crippen molar-refractivity contribution in [3.05, 3.63) is 34.9 Å². The fraction of sp³-hybridized carbons (Fsp3) is 0.333. The maximum atomic E-state index is 10.4. The monoisotopic (exact) mass is 192 g/mol. The normalized spacial score (nSPS) is 8.57. The third-order valence-electron chi connectivity index (χ3n) is 1.77. The molecule has 0 atom stereocenters. The molecule has 0 N–H and O–H groups in total. The molecule has 0 heterocycles. The average molecular weight is 192 g/mol. The minimum atomic E-state index is 0.167. The number of Topliss-reactive ketones (excluding diaryl/α,β-unsaturated/α-hetero) is 1. The third kappa shape index (κ3) is 4.55. The van der Waals surface area contributed by atoms with E-state index < -0.39 is 0 Å². The molecule has 1 aromatic rings. The standard InChI is InChI=1S/C9H10O.C3H6O/c1-7-4-3-5-9(6-10)8(7)2;1-3(2)4/h3-6H,1-2H3;1-2H3. The Morgan fingerprint density at radius 3 is 2.07 bits per heavy atom. The highest BCUT2D eigenvalue weighted by molar-refractivity contribution is 5.77. The molecule has 2 nitrogen and oxygen atoms in total. The summed E-state index contributed by atoms with van der Waals surface area (Å²) in [6, 6.07) is 5.73. The van der Waals surface area contributed by atoms with Crippen molar-refractivity contribution < 1.29 is 9.59 Å². The molecule has 0 spiro atoms. The van der Waals surface area contributed by atoms with Crippen LogP contribution in [0.5, 0.6) is 0 Å². The van der Waals surface area contributed by atoms with E-state index in [0.717, 1.165) is 17.4 Å². The zero-order chi connectivity index (χ0) is 11.1. The van der Waals surface area contributed by atoms with Crippen LogP contribution in [-0.2, 0) is 4.79 Å². The van der Waals surface area contributed by atoms with Crippen LogP contribution in [0.15, 0.2) is 18.2 Å². The zero-order valence-corrected chi connectivity index (χ0v) is 9.13. The lowest BCUT2D eigenvalue weighted by Gasteiger charge is -1.99. The second kappa shape index (κ2) is 6.08. The van der Waals surface area contributed by atoms with Gasteiger partial charge in [-0.1, -0.05) is 18.2 Å². The number of ketones is 1. The van der Waals surface area contributed by atoms with Gasteiger partial charge in [0.1, 0.15) is 12.1 Å². The van der Waals surface area contributed by atoms with E-state index in [1.165, 1.54) is 19.4 Å². The first kappa shape index (κ1) is 12.6. The lowest BCUT2D eigenvalue weighted by atomic mass is 10.1. The molecule has 0 radical (unpaired) electrons. The van der Waals surface area contributed by atoms with E-state index in [9.17, 15) is 9.59 Å². The fourth-order valence-corrected chi connectivity index (χ4v) is 0.901. The lowest BCUT2D eigenvalue weighted by Crippen LogP contribution is -1.87. The van der Waals surface area contributed by atoms with Crippen molar-refractivity contribution in [3.63, 3.8) is 0 Å². The predicted molar refractivity (Wildman–Crippen MR) is 57.7 cm³/mol. The molecule has 0 aromatic heterocycles. The van der Waals surface area contributed by atoms with Crippen molar-refractivity contribution >= 4 is 12.1 Å². The van der Waals surface area contributed by atoms with Gasteiger partial charge in [0.15, 0.2) is 0 Å². The number of benzene rings is 1. The van der Waals surface area contributed by atoms with Crippen LogP contribution < -0.4 is 0 Å². The van der Waals surface area contributed by atoms with Gasteiger partial charge in [-0.15, -0.1) is 0 Å². The van der Waals surface area contributed by atoms with Gasteiger partial charge in [-0.25, -0.2) is 0 Å². The maximum Gasteiger partial charge on any atom is 0.150 e. The summed E-state index contributed by atoms with van der Waals surface area (Å²) in [6.07, 6.45) is 0.891. The van der Waals surface area contributed by atoms with E-state index in [4.69, 9.17) is 0 Å². The molecule has 0 saturated heterocycles. The highest BCUT2D eigenvalue weighted by Gasteiger charge is 1.96. The predicted octanol–water partition coefficient (Wildman–Crippen LogP) is 2.71. The van der Waals surface area contributed by atoms with E-state index in [-0.39, 0.29) is 5.78 Å². The summed E-state index contributed by atoms with van der Waals surface area (Å²) in [5, 5.41) is 0. The molecule has 0 bridgehead atoms. The van der Waals surface area contributed by atoms with Crippen molar-refractivity contribution in [2.75, 3.05) is 0 Å². The van der Waals surface area contributed by atoms with Gasteiger partial charge in [0.25, 0.3) is 0 Å². The highest BCUT2D eigenvalue weighted by atomic mass is 16.1. The van der Waals surface area contributed by atoms with Crippen LogP contribution in [-0.4, -0.2) is 12.1 Å². The molecule has 0 unspecified atom stereocenters. The van der Waals surface area contributed by atoms with Crippen LogP contribution in [0.25, 0.3) is 0 Å². The van der Waals surface area contributed by atoms with Gasteiger partial charge < -0.3 is 4.79 Å². The molecule has 1 aromatic carbocycles. The molecule has 0 amide bonds. The molecule has 14 heavy (non-hydrogen) atoms. The second-order valence-corrected chi connectivity index (χ2v) is 3.32. The van der Waals surface area contributed by atoms with Crippen molar-refractivity contribution in [1.29, 1.82) is 0 Å². The van der Waals surface area contributed by atoms with E-state index in [2.05, 4.69) is 0 Å². The second-order valence-electron chi connectivity index (χ2n) is 3.32. The van der Waals surface area contributed by atoms with Gasteiger partial charge in [-0.2, -0.15) is 0 Å². The topological polar surface area (TPSA) is 34.1 Å². The van der Waals surface area contributed by atoms with Gasteiger partial charge >= 0.3 is 0 Å². The molecule has 2 heteroatoms. The van der Waals surface area contributed by atoms with E-state index >= 15 is 0 Å². The summed E-state index contributed by atoms with van der Waals surface area (Å²) in [5.41, 5.74) is 3.04. The minimum absolute atomic E-state index is 0.167. The quantitative estimate of drug-likeness (QED) is 0.641. The summed E-state index contributed by atoms with van der Waals surface area (Å²) in [7, 11) is 0. The average Bonchev–Trinajstić information content (AvgIpc) is 2.09.